The van der Waals surface area contributed by atoms with E-state index in [4.69, 9.17) is 4.84 Å². The second-order valence-corrected chi connectivity index (χ2v) is 7.78. The molecule has 1 aromatic carbocycles. The first-order valence-electron chi connectivity index (χ1n) is 6.36. The number of halogens is 2. The van der Waals surface area contributed by atoms with Crippen molar-refractivity contribution in [2.45, 2.75) is 38.9 Å². The van der Waals surface area contributed by atoms with Gasteiger partial charge in [0.05, 0.1) is 13.2 Å². The van der Waals surface area contributed by atoms with Crippen LogP contribution in [0, 0.1) is 14.1 Å². The first-order chi connectivity index (χ1) is 9.26. The molecule has 0 radical (unpaired) electrons. The van der Waals surface area contributed by atoms with Crippen molar-refractivity contribution < 1.29 is 9.63 Å². The van der Waals surface area contributed by atoms with E-state index >= 15 is 0 Å². The zero-order valence-corrected chi connectivity index (χ0v) is 16.3. The van der Waals surface area contributed by atoms with Gasteiger partial charge in [0.1, 0.15) is 5.66 Å². The normalized spacial score (nSPS) is 21.6. The number of hydrogen-bond donors (Lipinski definition) is 1. The standard InChI is InChI=1S/C14H18I2N2O2/c1-8-10(15)5-9(6-11(8)16)7-12-13(19)18(20-4)14(2,3)17-12/h5-6,12,17H,7H2,1-4H3/t12-/m0/s1. The second kappa shape index (κ2) is 6.05. The van der Waals surface area contributed by atoms with Crippen molar-refractivity contribution in [3.63, 3.8) is 0 Å². The van der Waals surface area contributed by atoms with Crippen molar-refractivity contribution in [1.82, 2.24) is 10.4 Å². The number of rotatable bonds is 3. The maximum atomic E-state index is 12.3. The Hall–Kier alpha value is 0.0700. The molecule has 0 saturated carbocycles. The Morgan fingerprint density at radius 2 is 1.90 bits per heavy atom. The molecule has 1 heterocycles. The van der Waals surface area contributed by atoms with Crippen molar-refractivity contribution in [2.24, 2.45) is 0 Å². The van der Waals surface area contributed by atoms with E-state index in [-0.39, 0.29) is 11.9 Å². The van der Waals surface area contributed by atoms with Gasteiger partial charge < -0.3 is 0 Å². The van der Waals surface area contributed by atoms with E-state index in [1.807, 2.05) is 13.8 Å². The molecule has 1 atom stereocenters. The third-order valence-electron chi connectivity index (χ3n) is 3.50. The molecule has 1 aliphatic rings. The number of carbonyl (C=O) groups excluding carboxylic acids is 1. The van der Waals surface area contributed by atoms with Crippen LogP contribution in [0.4, 0.5) is 0 Å². The lowest BCUT2D eigenvalue weighted by Crippen LogP contribution is -2.46. The van der Waals surface area contributed by atoms with Gasteiger partial charge in [-0.2, -0.15) is 0 Å². The molecule has 1 fully saturated rings. The molecule has 1 aromatic rings. The van der Waals surface area contributed by atoms with Crippen LogP contribution in [0.5, 0.6) is 0 Å². The van der Waals surface area contributed by atoms with Crippen LogP contribution in [-0.2, 0) is 16.1 Å². The summed E-state index contributed by atoms with van der Waals surface area (Å²) < 4.78 is 2.47. The highest BCUT2D eigenvalue weighted by Gasteiger charge is 2.45. The smallest absolute Gasteiger partial charge is 0.265 e. The van der Waals surface area contributed by atoms with Crippen LogP contribution in [0.1, 0.15) is 25.0 Å². The fraction of sp³-hybridized carbons (Fsp3) is 0.500. The monoisotopic (exact) mass is 500 g/mol. The molecule has 110 valence electrons. The summed E-state index contributed by atoms with van der Waals surface area (Å²) in [4.78, 5) is 17.5. The Morgan fingerprint density at radius 1 is 1.35 bits per heavy atom. The van der Waals surface area contributed by atoms with E-state index in [2.05, 4.69) is 69.6 Å². The number of hydrogen-bond acceptors (Lipinski definition) is 3. The van der Waals surface area contributed by atoms with Gasteiger partial charge in [-0.1, -0.05) is 0 Å². The van der Waals surface area contributed by atoms with Gasteiger partial charge in [0.25, 0.3) is 5.91 Å². The van der Waals surface area contributed by atoms with Crippen LogP contribution in [-0.4, -0.2) is 29.8 Å². The highest BCUT2D eigenvalue weighted by atomic mass is 127. The van der Waals surface area contributed by atoms with Crippen molar-refractivity contribution >= 4 is 51.1 Å². The molecular formula is C14H18I2N2O2. The first kappa shape index (κ1) is 16.4. The van der Waals surface area contributed by atoms with Crippen LogP contribution in [0.15, 0.2) is 12.1 Å². The molecule has 0 unspecified atom stereocenters. The Morgan fingerprint density at radius 3 is 2.35 bits per heavy atom. The quantitative estimate of drug-likeness (QED) is 0.650. The van der Waals surface area contributed by atoms with Gasteiger partial charge in [-0.15, -0.1) is 0 Å². The number of benzene rings is 1. The zero-order chi connectivity index (χ0) is 15.1. The number of carbonyl (C=O) groups is 1. The number of hydroxylamine groups is 2. The van der Waals surface area contributed by atoms with Crippen LogP contribution < -0.4 is 5.32 Å². The summed E-state index contributed by atoms with van der Waals surface area (Å²) in [6, 6.07) is 4.06. The number of nitrogens with zero attached hydrogens (tertiary/aromatic N) is 1. The average Bonchev–Trinajstić information content (AvgIpc) is 2.55. The molecule has 6 heteroatoms. The molecule has 1 aliphatic heterocycles. The summed E-state index contributed by atoms with van der Waals surface area (Å²) >= 11 is 4.68. The predicted molar refractivity (Wildman–Crippen MR) is 95.2 cm³/mol. The maximum absolute atomic E-state index is 12.3. The molecule has 1 saturated heterocycles. The molecular weight excluding hydrogens is 482 g/mol. The van der Waals surface area contributed by atoms with E-state index in [9.17, 15) is 4.79 Å². The van der Waals surface area contributed by atoms with Crippen molar-refractivity contribution in [2.75, 3.05) is 7.11 Å². The summed E-state index contributed by atoms with van der Waals surface area (Å²) in [6.07, 6.45) is 0.675. The second-order valence-electron chi connectivity index (χ2n) is 5.46. The van der Waals surface area contributed by atoms with Crippen molar-refractivity contribution in [3.05, 3.63) is 30.4 Å². The fourth-order valence-corrected chi connectivity index (χ4v) is 4.37. The highest BCUT2D eigenvalue weighted by molar-refractivity contribution is 14.1. The minimum Gasteiger partial charge on any atom is -0.281 e. The Labute approximate surface area is 146 Å². The summed E-state index contributed by atoms with van der Waals surface area (Å²) in [7, 11) is 1.53. The van der Waals surface area contributed by atoms with Crippen molar-refractivity contribution in [1.29, 1.82) is 0 Å². The van der Waals surface area contributed by atoms with Crippen LogP contribution in [0.2, 0.25) is 0 Å². The van der Waals surface area contributed by atoms with Gasteiger partial charge in [-0.25, -0.2) is 5.06 Å². The largest absolute Gasteiger partial charge is 0.281 e. The first-order valence-corrected chi connectivity index (χ1v) is 8.52. The van der Waals surface area contributed by atoms with Gasteiger partial charge in [-0.05, 0) is 95.6 Å². The predicted octanol–water partition coefficient (Wildman–Crippen LogP) is 2.84. The van der Waals surface area contributed by atoms with E-state index < -0.39 is 5.66 Å². The third-order valence-corrected chi connectivity index (χ3v) is 5.74. The molecule has 0 spiro atoms. The third kappa shape index (κ3) is 3.12. The minimum absolute atomic E-state index is 0.0110. The maximum Gasteiger partial charge on any atom is 0.265 e. The van der Waals surface area contributed by atoms with Crippen molar-refractivity contribution in [3.8, 4) is 0 Å². The zero-order valence-electron chi connectivity index (χ0n) is 12.0. The van der Waals surface area contributed by atoms with E-state index in [1.54, 1.807) is 0 Å². The molecule has 4 nitrogen and oxygen atoms in total. The average molecular weight is 500 g/mol. The topological polar surface area (TPSA) is 41.6 Å². The van der Waals surface area contributed by atoms with Crippen LogP contribution in [0.25, 0.3) is 0 Å². The summed E-state index contributed by atoms with van der Waals surface area (Å²) in [5, 5.41) is 4.75. The molecule has 1 N–H and O–H groups in total. The molecule has 0 aliphatic carbocycles. The van der Waals surface area contributed by atoms with Gasteiger partial charge in [0.15, 0.2) is 0 Å². The lowest BCUT2D eigenvalue weighted by Gasteiger charge is -2.28. The van der Waals surface area contributed by atoms with E-state index in [0.29, 0.717) is 6.42 Å². The Kier molecular flexibility index (Phi) is 4.98. The molecule has 20 heavy (non-hydrogen) atoms. The summed E-state index contributed by atoms with van der Waals surface area (Å²) in [6.45, 7) is 6.00. The lowest BCUT2D eigenvalue weighted by molar-refractivity contribution is -0.192. The van der Waals surface area contributed by atoms with Gasteiger partial charge in [-0.3, -0.25) is 14.9 Å². The Balaban J connectivity index is 2.21. The SMILES string of the molecule is CON1C(=O)[C@H](Cc2cc(I)c(C)c(I)c2)NC1(C)C. The highest BCUT2D eigenvalue weighted by Crippen LogP contribution is 2.25. The fourth-order valence-electron chi connectivity index (χ4n) is 2.47. The molecule has 2 rings (SSSR count). The van der Waals surface area contributed by atoms with E-state index in [1.165, 1.54) is 30.4 Å². The summed E-state index contributed by atoms with van der Waals surface area (Å²) in [5.74, 6) is -0.0110. The van der Waals surface area contributed by atoms with Crippen LogP contribution >= 0.6 is 45.2 Å². The van der Waals surface area contributed by atoms with Gasteiger partial charge >= 0.3 is 0 Å². The van der Waals surface area contributed by atoms with Gasteiger partial charge in [0, 0.05) is 7.14 Å². The minimum atomic E-state index is -0.471. The number of nitrogens with one attached hydrogen (secondary N) is 1. The molecule has 1 amide bonds. The Bertz CT molecular complexity index is 523. The molecule has 0 aromatic heterocycles. The lowest BCUT2D eigenvalue weighted by atomic mass is 10.0. The van der Waals surface area contributed by atoms with E-state index in [0.717, 1.165) is 0 Å². The molecule has 0 bridgehead atoms. The van der Waals surface area contributed by atoms with Gasteiger partial charge in [0.2, 0.25) is 0 Å². The van der Waals surface area contributed by atoms with Crippen LogP contribution in [0.3, 0.4) is 0 Å². The summed E-state index contributed by atoms with van der Waals surface area (Å²) in [5.41, 5.74) is 1.99. The number of amides is 1.